The lowest BCUT2D eigenvalue weighted by Crippen LogP contribution is -2.24. The molecular weight excluding hydrogens is 436 g/mol. The van der Waals surface area contributed by atoms with Gasteiger partial charge in [0.1, 0.15) is 24.4 Å². The molecule has 0 aliphatic carbocycles. The van der Waals surface area contributed by atoms with Crippen molar-refractivity contribution in [1.29, 1.82) is 0 Å². The number of amides is 3. The Morgan fingerprint density at radius 1 is 1.12 bits per heavy atom. The van der Waals surface area contributed by atoms with E-state index in [1.807, 2.05) is 18.2 Å². The fourth-order valence-electron chi connectivity index (χ4n) is 3.52. The van der Waals surface area contributed by atoms with Gasteiger partial charge in [0.2, 0.25) is 17.7 Å². The molecule has 3 aromatic rings. The highest BCUT2D eigenvalue weighted by Gasteiger charge is 2.16. The summed E-state index contributed by atoms with van der Waals surface area (Å²) in [5.74, 6) is 0.426. The van der Waals surface area contributed by atoms with E-state index in [9.17, 15) is 14.4 Å². The van der Waals surface area contributed by atoms with Crippen molar-refractivity contribution in [3.05, 3.63) is 60.7 Å². The number of benzene rings is 2. The molecule has 0 fully saturated rings. The van der Waals surface area contributed by atoms with Crippen LogP contribution in [0.25, 0.3) is 0 Å². The predicted octanol–water partition coefficient (Wildman–Crippen LogP) is 3.16. The Bertz CT molecular complexity index is 1160. The molecule has 1 unspecified atom stereocenters. The van der Waals surface area contributed by atoms with Gasteiger partial charge in [0.15, 0.2) is 0 Å². The second-order valence-corrected chi connectivity index (χ2v) is 7.99. The molecule has 34 heavy (non-hydrogen) atoms. The van der Waals surface area contributed by atoms with Crippen molar-refractivity contribution in [3.8, 4) is 5.75 Å². The average molecular weight is 463 g/mol. The van der Waals surface area contributed by atoms with E-state index in [1.165, 1.54) is 17.3 Å². The molecule has 3 N–H and O–H groups in total. The molecule has 1 aliphatic heterocycles. The average Bonchev–Trinajstić information content (AvgIpc) is 3.37. The van der Waals surface area contributed by atoms with Crippen LogP contribution in [0.5, 0.6) is 5.75 Å². The highest BCUT2D eigenvalue weighted by atomic mass is 16.5. The molecule has 4 rings (SSSR count). The fraction of sp³-hybridized carbons (Fsp3) is 0.292. The summed E-state index contributed by atoms with van der Waals surface area (Å²) in [5, 5.41) is 12.5. The van der Waals surface area contributed by atoms with E-state index >= 15 is 0 Å². The number of ether oxygens (including phenoxy) is 1. The number of aromatic nitrogens is 3. The number of hydrogen-bond acceptors (Lipinski definition) is 6. The minimum Gasteiger partial charge on any atom is -0.494 e. The molecule has 0 saturated carbocycles. The maximum absolute atomic E-state index is 12.3. The molecule has 10 heteroatoms. The first kappa shape index (κ1) is 23.0. The Hall–Kier alpha value is -4.21. The van der Waals surface area contributed by atoms with Crippen LogP contribution in [0.4, 0.5) is 17.1 Å². The van der Waals surface area contributed by atoms with Gasteiger partial charge in [0, 0.05) is 29.9 Å². The monoisotopic (exact) mass is 462 g/mol. The second kappa shape index (κ2) is 10.6. The van der Waals surface area contributed by atoms with E-state index in [1.54, 1.807) is 31.2 Å². The summed E-state index contributed by atoms with van der Waals surface area (Å²) in [4.78, 5) is 39.8. The van der Waals surface area contributed by atoms with E-state index in [-0.39, 0.29) is 17.7 Å². The lowest BCUT2D eigenvalue weighted by atomic mass is 10.0. The van der Waals surface area contributed by atoms with Crippen LogP contribution in [-0.4, -0.2) is 39.1 Å². The number of carbonyl (C=O) groups is 3. The molecule has 0 spiro atoms. The first-order valence-corrected chi connectivity index (χ1v) is 11.1. The summed E-state index contributed by atoms with van der Waals surface area (Å²) in [7, 11) is 0. The van der Waals surface area contributed by atoms with Crippen molar-refractivity contribution in [2.45, 2.75) is 38.6 Å². The minimum atomic E-state index is -0.494. The van der Waals surface area contributed by atoms with Gasteiger partial charge >= 0.3 is 0 Å². The van der Waals surface area contributed by atoms with Gasteiger partial charge in [-0.2, -0.15) is 5.10 Å². The summed E-state index contributed by atoms with van der Waals surface area (Å²) in [5.41, 5.74) is 3.15. The van der Waals surface area contributed by atoms with Crippen LogP contribution in [0.15, 0.2) is 55.1 Å². The minimum absolute atomic E-state index is 0.0318. The Labute approximate surface area is 196 Å². The summed E-state index contributed by atoms with van der Waals surface area (Å²) in [6.07, 6.45) is 4.92. The molecule has 2 heterocycles. The third-order valence-electron chi connectivity index (χ3n) is 5.44. The maximum Gasteiger partial charge on any atom is 0.249 e. The quantitative estimate of drug-likeness (QED) is 0.419. The van der Waals surface area contributed by atoms with Crippen LogP contribution in [0.3, 0.4) is 0 Å². The molecule has 3 amide bonds. The van der Waals surface area contributed by atoms with E-state index in [4.69, 9.17) is 4.74 Å². The van der Waals surface area contributed by atoms with Crippen LogP contribution in [0, 0.1) is 0 Å². The number of carbonyl (C=O) groups excluding carboxylic acids is 3. The number of nitrogens with one attached hydrogen (secondary N) is 3. The van der Waals surface area contributed by atoms with Gasteiger partial charge in [-0.15, -0.1) is 0 Å². The number of rotatable bonds is 9. The largest absolute Gasteiger partial charge is 0.494 e. The van der Waals surface area contributed by atoms with Crippen molar-refractivity contribution in [2.24, 2.45) is 0 Å². The van der Waals surface area contributed by atoms with Crippen molar-refractivity contribution in [1.82, 2.24) is 14.8 Å². The Balaban J connectivity index is 1.18. The third-order valence-corrected chi connectivity index (χ3v) is 5.44. The molecule has 1 aromatic heterocycles. The molecule has 0 saturated heterocycles. The number of aryl methyl sites for hydroxylation is 1. The Morgan fingerprint density at radius 2 is 1.88 bits per heavy atom. The van der Waals surface area contributed by atoms with E-state index in [0.717, 1.165) is 17.0 Å². The van der Waals surface area contributed by atoms with Gasteiger partial charge < -0.3 is 20.7 Å². The van der Waals surface area contributed by atoms with Crippen molar-refractivity contribution >= 4 is 34.8 Å². The fourth-order valence-corrected chi connectivity index (χ4v) is 3.52. The SMILES string of the molecule is CC(C(=O)Nc1ccc(NC(=O)CCCOc2ccc3c(c2)CCC(=O)N3)cc1)n1cncn1. The third kappa shape index (κ3) is 5.97. The molecular formula is C24H26N6O4. The van der Waals surface area contributed by atoms with Crippen LogP contribution in [-0.2, 0) is 20.8 Å². The van der Waals surface area contributed by atoms with E-state index < -0.39 is 6.04 Å². The van der Waals surface area contributed by atoms with Crippen LogP contribution in [0.1, 0.15) is 37.8 Å². The van der Waals surface area contributed by atoms with E-state index in [0.29, 0.717) is 43.7 Å². The Kier molecular flexibility index (Phi) is 7.16. The lowest BCUT2D eigenvalue weighted by molar-refractivity contribution is -0.119. The molecule has 1 atom stereocenters. The standard InChI is InChI=1S/C24H26N6O4/c1-16(30-15-25-14-26-30)24(33)28-19-7-5-18(6-8-19)27-22(31)3-2-12-34-20-9-10-21-17(13-20)4-11-23(32)29-21/h5-10,13-16H,2-4,11-12H2,1H3,(H,27,31)(H,28,33)(H,29,32). The zero-order valence-corrected chi connectivity index (χ0v) is 18.8. The lowest BCUT2D eigenvalue weighted by Gasteiger charge is -2.17. The van der Waals surface area contributed by atoms with Crippen LogP contribution in [0.2, 0.25) is 0 Å². The van der Waals surface area contributed by atoms with Gasteiger partial charge in [-0.1, -0.05) is 0 Å². The molecule has 176 valence electrons. The number of anilines is 3. The molecule has 0 radical (unpaired) electrons. The highest BCUT2D eigenvalue weighted by molar-refractivity contribution is 5.95. The van der Waals surface area contributed by atoms with Crippen molar-refractivity contribution < 1.29 is 19.1 Å². The summed E-state index contributed by atoms with van der Waals surface area (Å²) in [6, 6.07) is 12.0. The van der Waals surface area contributed by atoms with Crippen LogP contribution >= 0.6 is 0 Å². The molecule has 0 bridgehead atoms. The number of hydrogen-bond donors (Lipinski definition) is 3. The molecule has 2 aromatic carbocycles. The van der Waals surface area contributed by atoms with Crippen molar-refractivity contribution in [3.63, 3.8) is 0 Å². The van der Waals surface area contributed by atoms with Gasteiger partial charge in [-0.25, -0.2) is 9.67 Å². The summed E-state index contributed by atoms with van der Waals surface area (Å²) < 4.78 is 7.23. The van der Waals surface area contributed by atoms with Gasteiger partial charge in [-0.05, 0) is 67.8 Å². The van der Waals surface area contributed by atoms with E-state index in [2.05, 4.69) is 26.0 Å². The van der Waals surface area contributed by atoms with Gasteiger partial charge in [0.25, 0.3) is 0 Å². The smallest absolute Gasteiger partial charge is 0.249 e. The predicted molar refractivity (Wildman–Crippen MR) is 127 cm³/mol. The normalized spacial score (nSPS) is 13.4. The molecule has 10 nitrogen and oxygen atoms in total. The van der Waals surface area contributed by atoms with Crippen molar-refractivity contribution in [2.75, 3.05) is 22.6 Å². The van der Waals surface area contributed by atoms with Gasteiger partial charge in [0.05, 0.1) is 6.61 Å². The topological polar surface area (TPSA) is 127 Å². The highest BCUT2D eigenvalue weighted by Crippen LogP contribution is 2.27. The first-order chi connectivity index (χ1) is 16.5. The number of nitrogens with zero attached hydrogens (tertiary/aromatic N) is 3. The summed E-state index contributed by atoms with van der Waals surface area (Å²) in [6.45, 7) is 2.14. The van der Waals surface area contributed by atoms with Crippen LogP contribution < -0.4 is 20.7 Å². The molecule has 1 aliphatic rings. The maximum atomic E-state index is 12.3. The zero-order chi connectivity index (χ0) is 23.9. The zero-order valence-electron chi connectivity index (χ0n) is 18.8. The van der Waals surface area contributed by atoms with Gasteiger partial charge in [-0.3, -0.25) is 14.4 Å². The second-order valence-electron chi connectivity index (χ2n) is 7.99. The summed E-state index contributed by atoms with van der Waals surface area (Å²) >= 11 is 0. The first-order valence-electron chi connectivity index (χ1n) is 11.1. The Morgan fingerprint density at radius 3 is 2.62 bits per heavy atom. The number of fused-ring (bicyclic) bond motifs is 1.